The lowest BCUT2D eigenvalue weighted by molar-refractivity contribution is -0.120. The molecule has 2 rings (SSSR count). The van der Waals surface area contributed by atoms with Crippen molar-refractivity contribution >= 4 is 62.5 Å². The lowest BCUT2D eigenvalue weighted by atomic mass is 10.2. The Kier molecular flexibility index (Phi) is 8.29. The number of carbonyl (C=O) groups is 3. The third kappa shape index (κ3) is 6.82. The molecule has 6 nitrogen and oxygen atoms in total. The molecular weight excluding hydrogens is 469 g/mol. The Morgan fingerprint density at radius 3 is 2.46 bits per heavy atom. The van der Waals surface area contributed by atoms with Crippen molar-refractivity contribution in [2.45, 2.75) is 13.3 Å². The standard InChI is InChI=1S/C19H18BrCl2N3O3/c1-11-2-3-12(20)8-16(11)25-17(26)6-7-23-18(27)10-24-19(28)14-5-4-13(21)9-15(14)22/h2-5,8-9H,6-7,10H2,1H3,(H,23,27)(H,24,28)(H,25,26). The first-order valence-corrected chi connectivity index (χ1v) is 9.87. The second-order valence-corrected chi connectivity index (χ2v) is 7.67. The van der Waals surface area contributed by atoms with E-state index >= 15 is 0 Å². The zero-order valence-corrected chi connectivity index (χ0v) is 18.0. The molecule has 9 heteroatoms. The number of hydrogen-bond acceptors (Lipinski definition) is 3. The minimum absolute atomic E-state index is 0.106. The highest BCUT2D eigenvalue weighted by Crippen LogP contribution is 2.21. The molecule has 0 unspecified atom stereocenters. The van der Waals surface area contributed by atoms with Crippen LogP contribution in [0.4, 0.5) is 5.69 Å². The van der Waals surface area contributed by atoms with Crippen molar-refractivity contribution in [3.8, 4) is 0 Å². The average Bonchev–Trinajstić information content (AvgIpc) is 2.62. The number of benzene rings is 2. The molecule has 2 aromatic rings. The summed E-state index contributed by atoms with van der Waals surface area (Å²) in [5.41, 5.74) is 1.87. The van der Waals surface area contributed by atoms with Crippen molar-refractivity contribution in [3.63, 3.8) is 0 Å². The number of hydrogen-bond donors (Lipinski definition) is 3. The smallest absolute Gasteiger partial charge is 0.253 e. The van der Waals surface area contributed by atoms with Crippen LogP contribution in [-0.2, 0) is 9.59 Å². The largest absolute Gasteiger partial charge is 0.354 e. The van der Waals surface area contributed by atoms with Crippen molar-refractivity contribution in [1.29, 1.82) is 0 Å². The van der Waals surface area contributed by atoms with Crippen LogP contribution in [0, 0.1) is 6.92 Å². The van der Waals surface area contributed by atoms with E-state index in [-0.39, 0.29) is 36.0 Å². The monoisotopic (exact) mass is 485 g/mol. The van der Waals surface area contributed by atoms with E-state index < -0.39 is 11.8 Å². The van der Waals surface area contributed by atoms with Crippen LogP contribution < -0.4 is 16.0 Å². The molecule has 0 saturated carbocycles. The van der Waals surface area contributed by atoms with E-state index in [0.717, 1.165) is 10.0 Å². The van der Waals surface area contributed by atoms with E-state index in [1.54, 1.807) is 0 Å². The average molecular weight is 487 g/mol. The van der Waals surface area contributed by atoms with Crippen LogP contribution in [0.2, 0.25) is 10.0 Å². The van der Waals surface area contributed by atoms with Gasteiger partial charge < -0.3 is 16.0 Å². The Bertz CT molecular complexity index is 906. The van der Waals surface area contributed by atoms with Crippen LogP contribution in [-0.4, -0.2) is 30.8 Å². The predicted molar refractivity (Wildman–Crippen MR) is 114 cm³/mol. The third-order valence-corrected chi connectivity index (χ3v) is 4.77. The molecule has 0 aliphatic rings. The summed E-state index contributed by atoms with van der Waals surface area (Å²) in [6.07, 6.45) is 0.106. The number of halogens is 3. The molecule has 148 valence electrons. The molecule has 0 atom stereocenters. The highest BCUT2D eigenvalue weighted by Gasteiger charge is 2.12. The molecule has 0 radical (unpaired) electrons. The number of rotatable bonds is 7. The van der Waals surface area contributed by atoms with Gasteiger partial charge in [-0.1, -0.05) is 45.2 Å². The number of aryl methyl sites for hydroxylation is 1. The van der Waals surface area contributed by atoms with E-state index in [4.69, 9.17) is 23.2 Å². The molecule has 0 spiro atoms. The van der Waals surface area contributed by atoms with Crippen molar-refractivity contribution in [2.24, 2.45) is 0 Å². The molecule has 0 heterocycles. The van der Waals surface area contributed by atoms with E-state index in [0.29, 0.717) is 10.7 Å². The first kappa shape index (κ1) is 22.2. The van der Waals surface area contributed by atoms with Crippen molar-refractivity contribution in [1.82, 2.24) is 10.6 Å². The van der Waals surface area contributed by atoms with Gasteiger partial charge >= 0.3 is 0 Å². The first-order valence-electron chi connectivity index (χ1n) is 8.32. The summed E-state index contributed by atoms with van der Waals surface area (Å²) in [6.45, 7) is 1.80. The number of carbonyl (C=O) groups excluding carboxylic acids is 3. The lowest BCUT2D eigenvalue weighted by Crippen LogP contribution is -2.38. The fourth-order valence-corrected chi connectivity index (χ4v) is 3.10. The SMILES string of the molecule is Cc1ccc(Br)cc1NC(=O)CCNC(=O)CNC(=O)c1ccc(Cl)cc1Cl. The van der Waals surface area contributed by atoms with Crippen LogP contribution >= 0.6 is 39.1 Å². The molecule has 0 saturated heterocycles. The van der Waals surface area contributed by atoms with Gasteiger partial charge in [-0.15, -0.1) is 0 Å². The third-order valence-electron chi connectivity index (χ3n) is 3.73. The Morgan fingerprint density at radius 2 is 1.75 bits per heavy atom. The topological polar surface area (TPSA) is 87.3 Å². The maximum Gasteiger partial charge on any atom is 0.253 e. The zero-order chi connectivity index (χ0) is 20.7. The molecule has 3 amide bonds. The first-order chi connectivity index (χ1) is 13.3. The quantitative estimate of drug-likeness (QED) is 0.553. The summed E-state index contributed by atoms with van der Waals surface area (Å²) in [5.74, 6) is -1.12. The summed E-state index contributed by atoms with van der Waals surface area (Å²) >= 11 is 15.1. The van der Waals surface area contributed by atoms with Gasteiger partial charge in [-0.2, -0.15) is 0 Å². The molecule has 0 aliphatic carbocycles. The van der Waals surface area contributed by atoms with Crippen LogP contribution in [0.5, 0.6) is 0 Å². The van der Waals surface area contributed by atoms with Crippen LogP contribution in [0.25, 0.3) is 0 Å². The van der Waals surface area contributed by atoms with Gasteiger partial charge in [-0.05, 0) is 42.8 Å². The molecule has 0 fully saturated rings. The van der Waals surface area contributed by atoms with Crippen molar-refractivity contribution in [2.75, 3.05) is 18.4 Å². The molecule has 0 aromatic heterocycles. The van der Waals surface area contributed by atoms with Crippen LogP contribution in [0.15, 0.2) is 40.9 Å². The van der Waals surface area contributed by atoms with Gasteiger partial charge in [-0.25, -0.2) is 0 Å². The summed E-state index contributed by atoms with van der Waals surface area (Å²) in [5, 5.41) is 8.45. The zero-order valence-electron chi connectivity index (χ0n) is 14.9. The molecule has 0 aliphatic heterocycles. The molecule has 2 aromatic carbocycles. The van der Waals surface area contributed by atoms with E-state index in [1.807, 2.05) is 25.1 Å². The fourth-order valence-electron chi connectivity index (χ4n) is 2.25. The summed E-state index contributed by atoms with van der Waals surface area (Å²) in [7, 11) is 0. The summed E-state index contributed by atoms with van der Waals surface area (Å²) in [4.78, 5) is 35.9. The van der Waals surface area contributed by atoms with Gasteiger partial charge in [0.15, 0.2) is 0 Å². The van der Waals surface area contributed by atoms with Gasteiger partial charge in [0.2, 0.25) is 11.8 Å². The van der Waals surface area contributed by atoms with Crippen molar-refractivity contribution < 1.29 is 14.4 Å². The maximum absolute atomic E-state index is 12.0. The molecule has 28 heavy (non-hydrogen) atoms. The highest BCUT2D eigenvalue weighted by atomic mass is 79.9. The fraction of sp³-hybridized carbons (Fsp3) is 0.211. The Morgan fingerprint density at radius 1 is 1.00 bits per heavy atom. The van der Waals surface area contributed by atoms with E-state index in [9.17, 15) is 14.4 Å². The molecular formula is C19H18BrCl2N3O3. The second-order valence-electron chi connectivity index (χ2n) is 5.91. The number of nitrogens with one attached hydrogen (secondary N) is 3. The second kappa shape index (κ2) is 10.5. The minimum Gasteiger partial charge on any atom is -0.354 e. The Hall–Kier alpha value is -2.09. The predicted octanol–water partition coefficient (Wildman–Crippen LogP) is 3.94. The number of anilines is 1. The van der Waals surface area contributed by atoms with Gasteiger partial charge in [-0.3, -0.25) is 14.4 Å². The van der Waals surface area contributed by atoms with Gasteiger partial charge in [0, 0.05) is 28.1 Å². The maximum atomic E-state index is 12.0. The van der Waals surface area contributed by atoms with Gasteiger partial charge in [0.25, 0.3) is 5.91 Å². The molecule has 3 N–H and O–H groups in total. The minimum atomic E-state index is -0.486. The number of amides is 3. The van der Waals surface area contributed by atoms with Gasteiger partial charge in [0.1, 0.15) is 0 Å². The summed E-state index contributed by atoms with van der Waals surface area (Å²) in [6, 6.07) is 10.0. The van der Waals surface area contributed by atoms with Crippen molar-refractivity contribution in [3.05, 3.63) is 62.0 Å². The lowest BCUT2D eigenvalue weighted by Gasteiger charge is -2.10. The Labute approximate surface area is 181 Å². The normalized spacial score (nSPS) is 10.3. The van der Waals surface area contributed by atoms with E-state index in [1.165, 1.54) is 18.2 Å². The highest BCUT2D eigenvalue weighted by molar-refractivity contribution is 9.10. The van der Waals surface area contributed by atoms with Crippen LogP contribution in [0.3, 0.4) is 0 Å². The van der Waals surface area contributed by atoms with Crippen LogP contribution in [0.1, 0.15) is 22.3 Å². The van der Waals surface area contributed by atoms with E-state index in [2.05, 4.69) is 31.9 Å². The Balaban J connectivity index is 1.73. The molecule has 0 bridgehead atoms. The van der Waals surface area contributed by atoms with Gasteiger partial charge in [0.05, 0.1) is 17.1 Å². The summed E-state index contributed by atoms with van der Waals surface area (Å²) < 4.78 is 0.859.